The van der Waals surface area contributed by atoms with E-state index < -0.39 is 0 Å². The summed E-state index contributed by atoms with van der Waals surface area (Å²) in [6.07, 6.45) is 0. The van der Waals surface area contributed by atoms with Crippen molar-refractivity contribution < 1.29 is 9.18 Å². The van der Waals surface area contributed by atoms with E-state index in [9.17, 15) is 9.18 Å². The molecule has 1 amide bonds. The maximum atomic E-state index is 13.0. The van der Waals surface area contributed by atoms with E-state index in [1.165, 1.54) is 12.1 Å². The van der Waals surface area contributed by atoms with Gasteiger partial charge in [0, 0.05) is 36.6 Å². The van der Waals surface area contributed by atoms with E-state index in [0.717, 1.165) is 34.9 Å². The first-order chi connectivity index (χ1) is 12.5. The van der Waals surface area contributed by atoms with E-state index in [1.807, 2.05) is 36.7 Å². The van der Waals surface area contributed by atoms with Crippen LogP contribution in [0, 0.1) is 5.82 Å². The summed E-state index contributed by atoms with van der Waals surface area (Å²) < 4.78 is 13.0. The van der Waals surface area contributed by atoms with Gasteiger partial charge in [-0.3, -0.25) is 9.69 Å². The van der Waals surface area contributed by atoms with E-state index in [-0.39, 0.29) is 11.7 Å². The second-order valence-electron chi connectivity index (χ2n) is 6.10. The van der Waals surface area contributed by atoms with Crippen LogP contribution in [-0.4, -0.2) is 29.9 Å². The Morgan fingerprint density at radius 2 is 1.81 bits per heavy atom. The number of hydrogen-bond acceptors (Lipinski definition) is 4. The van der Waals surface area contributed by atoms with Crippen molar-refractivity contribution in [1.29, 1.82) is 0 Å². The summed E-state index contributed by atoms with van der Waals surface area (Å²) in [6.45, 7) is 1.48. The minimum absolute atomic E-state index is 0.0827. The number of nitrogens with one attached hydrogen (secondary N) is 1. The zero-order chi connectivity index (χ0) is 18.5. The second-order valence-corrected chi connectivity index (χ2v) is 6.96. The smallest absolute Gasteiger partial charge is 0.251 e. The van der Waals surface area contributed by atoms with Crippen LogP contribution >= 0.6 is 11.3 Å². The molecule has 0 bridgehead atoms. The van der Waals surface area contributed by atoms with Crippen molar-refractivity contribution in [2.45, 2.75) is 13.1 Å². The summed E-state index contributed by atoms with van der Waals surface area (Å²) in [5.41, 5.74) is 3.70. The van der Waals surface area contributed by atoms with E-state index >= 15 is 0 Å². The molecule has 26 heavy (non-hydrogen) atoms. The quantitative estimate of drug-likeness (QED) is 0.716. The van der Waals surface area contributed by atoms with Gasteiger partial charge in [-0.2, -0.15) is 0 Å². The number of aromatic nitrogens is 1. The molecule has 4 nitrogen and oxygen atoms in total. The molecule has 1 N–H and O–H groups in total. The van der Waals surface area contributed by atoms with Gasteiger partial charge in [0.1, 0.15) is 10.8 Å². The molecule has 1 aromatic heterocycles. The summed E-state index contributed by atoms with van der Waals surface area (Å²) in [5, 5.41) is 5.54. The van der Waals surface area contributed by atoms with Gasteiger partial charge in [-0.05, 0) is 49.0 Å². The monoisotopic (exact) mass is 369 g/mol. The second kappa shape index (κ2) is 8.21. The summed E-state index contributed by atoms with van der Waals surface area (Å²) >= 11 is 1.56. The number of halogens is 1. The zero-order valence-electron chi connectivity index (χ0n) is 14.7. The van der Waals surface area contributed by atoms with Crippen LogP contribution in [0.2, 0.25) is 0 Å². The Morgan fingerprint density at radius 3 is 2.46 bits per heavy atom. The molecule has 0 unspecified atom stereocenters. The molecule has 0 aliphatic rings. The molecule has 6 heteroatoms. The third-order valence-electron chi connectivity index (χ3n) is 3.97. The van der Waals surface area contributed by atoms with Gasteiger partial charge in [-0.25, -0.2) is 9.37 Å². The van der Waals surface area contributed by atoms with Gasteiger partial charge in [-0.1, -0.05) is 12.1 Å². The Morgan fingerprint density at radius 1 is 1.12 bits per heavy atom. The highest BCUT2D eigenvalue weighted by atomic mass is 32.1. The van der Waals surface area contributed by atoms with E-state index in [1.54, 1.807) is 30.5 Å². The van der Waals surface area contributed by atoms with Crippen molar-refractivity contribution >= 4 is 17.2 Å². The van der Waals surface area contributed by atoms with Crippen molar-refractivity contribution in [1.82, 2.24) is 15.2 Å². The van der Waals surface area contributed by atoms with Crippen LogP contribution in [-0.2, 0) is 13.1 Å². The lowest BCUT2D eigenvalue weighted by atomic mass is 10.1. The molecule has 0 radical (unpaired) electrons. The maximum Gasteiger partial charge on any atom is 0.251 e. The zero-order valence-corrected chi connectivity index (χ0v) is 15.5. The molecule has 3 rings (SSSR count). The number of rotatable bonds is 6. The molecule has 0 spiro atoms. The first-order valence-corrected chi connectivity index (χ1v) is 9.13. The maximum absolute atomic E-state index is 13.0. The van der Waals surface area contributed by atoms with Crippen LogP contribution < -0.4 is 5.32 Å². The number of thiazole rings is 1. The van der Waals surface area contributed by atoms with Gasteiger partial charge in [0.05, 0.1) is 5.69 Å². The van der Waals surface area contributed by atoms with Crippen LogP contribution in [0.1, 0.15) is 21.6 Å². The molecular weight excluding hydrogens is 349 g/mol. The van der Waals surface area contributed by atoms with Crippen molar-refractivity contribution in [3.05, 3.63) is 76.5 Å². The van der Waals surface area contributed by atoms with Crippen molar-refractivity contribution in [3.8, 4) is 10.6 Å². The highest BCUT2D eigenvalue weighted by molar-refractivity contribution is 7.13. The summed E-state index contributed by atoms with van der Waals surface area (Å²) in [7, 11) is 3.65. The molecule has 3 aromatic rings. The SMILES string of the molecule is CNC(=O)c1ccc(CN(C)Cc2csc(-c3ccc(F)cc3)n2)cc1. The third-order valence-corrected chi connectivity index (χ3v) is 4.91. The van der Waals surface area contributed by atoms with E-state index in [0.29, 0.717) is 5.56 Å². The Kier molecular flexibility index (Phi) is 5.75. The Bertz CT molecular complexity index is 875. The Labute approximate surface area is 156 Å². The largest absolute Gasteiger partial charge is 0.355 e. The summed E-state index contributed by atoms with van der Waals surface area (Å²) in [4.78, 5) is 18.4. The number of hydrogen-bond donors (Lipinski definition) is 1. The predicted octanol–water partition coefficient (Wildman–Crippen LogP) is 3.94. The Hall–Kier alpha value is -2.57. The summed E-state index contributed by atoms with van der Waals surface area (Å²) in [6, 6.07) is 14.0. The molecule has 0 atom stereocenters. The van der Waals surface area contributed by atoms with Gasteiger partial charge in [0.15, 0.2) is 0 Å². The van der Waals surface area contributed by atoms with Crippen LogP contribution in [0.15, 0.2) is 53.9 Å². The highest BCUT2D eigenvalue weighted by Crippen LogP contribution is 2.24. The minimum atomic E-state index is -0.243. The van der Waals surface area contributed by atoms with Crippen LogP contribution in [0.4, 0.5) is 4.39 Å². The molecule has 0 fully saturated rings. The first-order valence-electron chi connectivity index (χ1n) is 8.25. The van der Waals surface area contributed by atoms with Crippen molar-refractivity contribution in [3.63, 3.8) is 0 Å². The molecule has 0 saturated carbocycles. The van der Waals surface area contributed by atoms with Gasteiger partial charge < -0.3 is 5.32 Å². The Balaban J connectivity index is 1.60. The normalized spacial score (nSPS) is 10.9. The number of nitrogens with zero attached hydrogens (tertiary/aromatic N) is 2. The van der Waals surface area contributed by atoms with Gasteiger partial charge in [0.2, 0.25) is 0 Å². The fourth-order valence-corrected chi connectivity index (χ4v) is 3.47. The van der Waals surface area contributed by atoms with Crippen LogP contribution in [0.25, 0.3) is 10.6 Å². The molecule has 134 valence electrons. The predicted molar refractivity (Wildman–Crippen MR) is 103 cm³/mol. The van der Waals surface area contributed by atoms with Crippen molar-refractivity contribution in [2.24, 2.45) is 0 Å². The fourth-order valence-electron chi connectivity index (χ4n) is 2.65. The molecular formula is C20H20FN3OS. The highest BCUT2D eigenvalue weighted by Gasteiger charge is 2.09. The number of amides is 1. The molecule has 0 aliphatic carbocycles. The van der Waals surface area contributed by atoms with E-state index in [4.69, 9.17) is 0 Å². The lowest BCUT2D eigenvalue weighted by Crippen LogP contribution is -2.19. The minimum Gasteiger partial charge on any atom is -0.355 e. The van der Waals surface area contributed by atoms with Gasteiger partial charge in [0.25, 0.3) is 5.91 Å². The first kappa shape index (κ1) is 18.2. The standard InChI is InChI=1S/C20H20FN3OS/c1-22-19(25)15-5-3-14(4-6-15)11-24(2)12-18-13-26-20(23-18)16-7-9-17(21)10-8-16/h3-10,13H,11-12H2,1-2H3,(H,22,25). The lowest BCUT2D eigenvalue weighted by molar-refractivity contribution is 0.0963. The number of carbonyl (C=O) groups excluding carboxylic acids is 1. The average molecular weight is 369 g/mol. The molecule has 2 aromatic carbocycles. The van der Waals surface area contributed by atoms with E-state index in [2.05, 4.69) is 15.2 Å². The average Bonchev–Trinajstić information content (AvgIpc) is 3.10. The third kappa shape index (κ3) is 4.53. The fraction of sp³-hybridized carbons (Fsp3) is 0.200. The number of carbonyl (C=O) groups is 1. The van der Waals surface area contributed by atoms with Gasteiger partial charge in [-0.15, -0.1) is 11.3 Å². The lowest BCUT2D eigenvalue weighted by Gasteiger charge is -2.15. The number of benzene rings is 2. The van der Waals surface area contributed by atoms with Crippen LogP contribution in [0.3, 0.4) is 0 Å². The van der Waals surface area contributed by atoms with Gasteiger partial charge >= 0.3 is 0 Å². The van der Waals surface area contributed by atoms with Crippen molar-refractivity contribution in [2.75, 3.05) is 14.1 Å². The molecule has 1 heterocycles. The summed E-state index contributed by atoms with van der Waals surface area (Å²) in [5.74, 6) is -0.326. The topological polar surface area (TPSA) is 45.2 Å². The molecule has 0 saturated heterocycles. The molecule has 0 aliphatic heterocycles. The van der Waals surface area contributed by atoms with Crippen LogP contribution in [0.5, 0.6) is 0 Å².